The Morgan fingerprint density at radius 3 is 2.85 bits per heavy atom. The average Bonchev–Trinajstić information content (AvgIpc) is 2.64. The van der Waals surface area contributed by atoms with Gasteiger partial charge in [-0.05, 0) is 37.8 Å². The van der Waals surface area contributed by atoms with E-state index in [4.69, 9.17) is 21.1 Å². The highest BCUT2D eigenvalue weighted by Gasteiger charge is 2.32. The number of para-hydroxylation sites is 1. The Kier molecular flexibility index (Phi) is 8.19. The molecule has 1 aromatic carbocycles. The molecule has 2 amide bonds. The Morgan fingerprint density at radius 2 is 2.12 bits per heavy atom. The number of amides is 2. The summed E-state index contributed by atoms with van der Waals surface area (Å²) in [4.78, 5) is 26.9. The maximum atomic E-state index is 12.9. The first kappa shape index (κ1) is 20.5. The Balaban J connectivity index is 2.12. The van der Waals surface area contributed by atoms with Crippen molar-refractivity contribution >= 4 is 29.1 Å². The van der Waals surface area contributed by atoms with Crippen molar-refractivity contribution in [2.24, 2.45) is 0 Å². The standard InChI is InChI=1S/C19H27ClN2O4/c1-3-7-17(23)22-11-5-4-10-16(22)19(24)21-15-9-6-8-14(20)18(15)26-13-12-25-2/h6,8-9,16H,3-5,7,10-13H2,1-2H3,(H,21,24). The lowest BCUT2D eigenvalue weighted by Gasteiger charge is -2.35. The predicted octanol–water partition coefficient (Wildman–Crippen LogP) is 3.48. The van der Waals surface area contributed by atoms with Crippen molar-refractivity contribution in [1.29, 1.82) is 0 Å². The highest BCUT2D eigenvalue weighted by molar-refractivity contribution is 6.32. The van der Waals surface area contributed by atoms with Crippen LogP contribution in [-0.2, 0) is 14.3 Å². The van der Waals surface area contributed by atoms with Gasteiger partial charge in [-0.1, -0.05) is 24.6 Å². The van der Waals surface area contributed by atoms with E-state index in [1.807, 2.05) is 6.92 Å². The van der Waals surface area contributed by atoms with E-state index in [0.29, 0.717) is 49.1 Å². The van der Waals surface area contributed by atoms with E-state index in [1.165, 1.54) is 0 Å². The number of benzene rings is 1. The fraction of sp³-hybridized carbons (Fsp3) is 0.579. The molecule has 1 atom stereocenters. The molecule has 1 unspecified atom stereocenters. The Hall–Kier alpha value is -1.79. The molecule has 1 heterocycles. The first-order valence-corrected chi connectivity index (χ1v) is 9.46. The summed E-state index contributed by atoms with van der Waals surface area (Å²) >= 11 is 6.22. The summed E-state index contributed by atoms with van der Waals surface area (Å²) in [5.74, 6) is 0.254. The third-order valence-corrected chi connectivity index (χ3v) is 4.65. The van der Waals surface area contributed by atoms with Gasteiger partial charge in [-0.15, -0.1) is 0 Å². The van der Waals surface area contributed by atoms with Crippen molar-refractivity contribution in [3.8, 4) is 5.75 Å². The summed E-state index contributed by atoms with van der Waals surface area (Å²) in [5.41, 5.74) is 0.507. The minimum absolute atomic E-state index is 0.0370. The summed E-state index contributed by atoms with van der Waals surface area (Å²) in [6.07, 6.45) is 3.77. The van der Waals surface area contributed by atoms with Crippen LogP contribution in [0.5, 0.6) is 5.75 Å². The van der Waals surface area contributed by atoms with Crippen LogP contribution in [0.15, 0.2) is 18.2 Å². The largest absolute Gasteiger partial charge is 0.487 e. The Labute approximate surface area is 159 Å². The van der Waals surface area contributed by atoms with E-state index in [-0.39, 0.29) is 11.8 Å². The van der Waals surface area contributed by atoms with Gasteiger partial charge in [0, 0.05) is 20.1 Å². The monoisotopic (exact) mass is 382 g/mol. The number of carbonyl (C=O) groups is 2. The second-order valence-electron chi connectivity index (χ2n) is 6.30. The number of piperidine rings is 1. The SMILES string of the molecule is CCCC(=O)N1CCCCC1C(=O)Nc1cccc(Cl)c1OCCOC. The lowest BCUT2D eigenvalue weighted by molar-refractivity contribution is -0.140. The van der Waals surface area contributed by atoms with Crippen molar-refractivity contribution in [2.75, 3.05) is 32.2 Å². The molecule has 1 aliphatic rings. The zero-order chi connectivity index (χ0) is 18.9. The van der Waals surface area contributed by atoms with E-state index >= 15 is 0 Å². The molecule has 0 aromatic heterocycles. The molecule has 0 aliphatic carbocycles. The van der Waals surface area contributed by atoms with Crippen LogP contribution < -0.4 is 10.1 Å². The topological polar surface area (TPSA) is 67.9 Å². The Bertz CT molecular complexity index is 624. The molecule has 144 valence electrons. The van der Waals surface area contributed by atoms with Gasteiger partial charge in [-0.25, -0.2) is 0 Å². The van der Waals surface area contributed by atoms with Crippen molar-refractivity contribution in [2.45, 2.75) is 45.1 Å². The van der Waals surface area contributed by atoms with E-state index < -0.39 is 6.04 Å². The van der Waals surface area contributed by atoms with Gasteiger partial charge >= 0.3 is 0 Å². The lowest BCUT2D eigenvalue weighted by Crippen LogP contribution is -2.49. The normalized spacial score (nSPS) is 17.0. The zero-order valence-electron chi connectivity index (χ0n) is 15.4. The molecule has 1 aromatic rings. The number of halogens is 1. The number of carbonyl (C=O) groups excluding carboxylic acids is 2. The van der Waals surface area contributed by atoms with Crippen molar-refractivity contribution in [3.63, 3.8) is 0 Å². The van der Waals surface area contributed by atoms with Crippen LogP contribution in [0, 0.1) is 0 Å². The highest BCUT2D eigenvalue weighted by Crippen LogP contribution is 2.33. The van der Waals surface area contributed by atoms with Gasteiger partial charge in [-0.2, -0.15) is 0 Å². The van der Waals surface area contributed by atoms with Gasteiger partial charge in [0.15, 0.2) is 5.75 Å². The van der Waals surface area contributed by atoms with E-state index in [0.717, 1.165) is 19.3 Å². The number of rotatable bonds is 8. The molecule has 0 radical (unpaired) electrons. The molecule has 6 nitrogen and oxygen atoms in total. The highest BCUT2D eigenvalue weighted by atomic mass is 35.5. The molecule has 1 N–H and O–H groups in total. The van der Waals surface area contributed by atoms with Gasteiger partial charge in [0.25, 0.3) is 0 Å². The predicted molar refractivity (Wildman–Crippen MR) is 102 cm³/mol. The van der Waals surface area contributed by atoms with Crippen LogP contribution in [-0.4, -0.2) is 49.6 Å². The number of hydrogen-bond acceptors (Lipinski definition) is 4. The molecule has 7 heteroatoms. The third kappa shape index (κ3) is 5.35. The van der Waals surface area contributed by atoms with Crippen molar-refractivity contribution < 1.29 is 19.1 Å². The van der Waals surface area contributed by atoms with E-state index in [1.54, 1.807) is 30.2 Å². The van der Waals surface area contributed by atoms with Gasteiger partial charge < -0.3 is 19.7 Å². The average molecular weight is 383 g/mol. The molecule has 2 rings (SSSR count). The summed E-state index contributed by atoms with van der Waals surface area (Å²) in [6, 6.07) is 4.75. The molecule has 1 saturated heterocycles. The van der Waals surface area contributed by atoms with Crippen LogP contribution in [0.3, 0.4) is 0 Å². The quantitative estimate of drug-likeness (QED) is 0.699. The van der Waals surface area contributed by atoms with Crippen LogP contribution in [0.2, 0.25) is 5.02 Å². The van der Waals surface area contributed by atoms with E-state index in [9.17, 15) is 9.59 Å². The number of hydrogen-bond donors (Lipinski definition) is 1. The molecule has 1 aliphatic heterocycles. The van der Waals surface area contributed by atoms with Crippen LogP contribution in [0.25, 0.3) is 0 Å². The van der Waals surface area contributed by atoms with Gasteiger partial charge in [0.1, 0.15) is 12.6 Å². The molecule has 0 spiro atoms. The smallest absolute Gasteiger partial charge is 0.247 e. The van der Waals surface area contributed by atoms with Gasteiger partial charge in [0.05, 0.1) is 17.3 Å². The molecule has 26 heavy (non-hydrogen) atoms. The van der Waals surface area contributed by atoms with Crippen molar-refractivity contribution in [1.82, 2.24) is 4.90 Å². The number of likely N-dealkylation sites (tertiary alicyclic amines) is 1. The molecule has 0 bridgehead atoms. The number of ether oxygens (including phenoxy) is 2. The number of methoxy groups -OCH3 is 1. The molecular formula is C19H27ClN2O4. The zero-order valence-corrected chi connectivity index (χ0v) is 16.2. The fourth-order valence-electron chi connectivity index (χ4n) is 3.06. The second kappa shape index (κ2) is 10.4. The van der Waals surface area contributed by atoms with Crippen LogP contribution in [0.4, 0.5) is 5.69 Å². The summed E-state index contributed by atoms with van der Waals surface area (Å²) in [5, 5.41) is 3.31. The molecular weight excluding hydrogens is 356 g/mol. The van der Waals surface area contributed by atoms with E-state index in [2.05, 4.69) is 5.32 Å². The second-order valence-corrected chi connectivity index (χ2v) is 6.70. The maximum Gasteiger partial charge on any atom is 0.247 e. The van der Waals surface area contributed by atoms with Crippen molar-refractivity contribution in [3.05, 3.63) is 23.2 Å². The minimum Gasteiger partial charge on any atom is -0.487 e. The number of anilines is 1. The van der Waals surface area contributed by atoms with Crippen LogP contribution in [0.1, 0.15) is 39.0 Å². The number of nitrogens with one attached hydrogen (secondary N) is 1. The Morgan fingerprint density at radius 1 is 1.31 bits per heavy atom. The first-order valence-electron chi connectivity index (χ1n) is 9.09. The lowest BCUT2D eigenvalue weighted by atomic mass is 10.0. The minimum atomic E-state index is -0.450. The number of nitrogens with zero attached hydrogens (tertiary/aromatic N) is 1. The summed E-state index contributed by atoms with van der Waals surface area (Å²) < 4.78 is 10.6. The molecule has 1 fully saturated rings. The molecule has 0 saturated carbocycles. The third-order valence-electron chi connectivity index (χ3n) is 4.35. The fourth-order valence-corrected chi connectivity index (χ4v) is 3.29. The maximum absolute atomic E-state index is 12.9. The van der Waals surface area contributed by atoms with Gasteiger partial charge in [0.2, 0.25) is 11.8 Å². The van der Waals surface area contributed by atoms with Gasteiger partial charge in [-0.3, -0.25) is 9.59 Å². The summed E-state index contributed by atoms with van der Waals surface area (Å²) in [6.45, 7) is 3.34. The summed E-state index contributed by atoms with van der Waals surface area (Å²) in [7, 11) is 1.59. The van der Waals surface area contributed by atoms with Crippen LogP contribution >= 0.6 is 11.6 Å². The first-order chi connectivity index (χ1) is 12.6.